The van der Waals surface area contributed by atoms with Crippen LogP contribution in [0.4, 0.5) is 11.4 Å². The lowest BCUT2D eigenvalue weighted by molar-refractivity contribution is -0.133. The van der Waals surface area contributed by atoms with Gasteiger partial charge in [0.15, 0.2) is 11.2 Å². The molecule has 6 rings (SSSR count). The lowest BCUT2D eigenvalue weighted by Crippen LogP contribution is -2.54. The van der Waals surface area contributed by atoms with E-state index in [0.29, 0.717) is 47.1 Å². The molecule has 2 saturated carbocycles. The van der Waals surface area contributed by atoms with Gasteiger partial charge >= 0.3 is 0 Å². The number of rotatable bonds is 12. The molecule has 2 aliphatic heterocycles. The number of ether oxygens (including phenoxy) is 2. The fourth-order valence-corrected chi connectivity index (χ4v) is 9.91. The number of carbonyl (C=O) groups is 4. The zero-order valence-corrected chi connectivity index (χ0v) is 39.9. The molecule has 0 radical (unpaired) electrons. The van der Waals surface area contributed by atoms with Crippen LogP contribution in [0.3, 0.4) is 0 Å². The smallest absolute Gasteiger partial charge is 0.270 e. The topological polar surface area (TPSA) is 172 Å². The predicted octanol–water partition coefficient (Wildman–Crippen LogP) is 6.87. The van der Waals surface area contributed by atoms with E-state index in [-0.39, 0.29) is 60.9 Å². The highest BCUT2D eigenvalue weighted by molar-refractivity contribution is 7.88. The highest BCUT2D eigenvalue weighted by Gasteiger charge is 2.43. The number of nitrogens with one attached hydrogen (secondary N) is 1. The van der Waals surface area contributed by atoms with Crippen LogP contribution >= 0.6 is 0 Å². The quantitative estimate of drug-likeness (QED) is 0.231. The largest absolute Gasteiger partial charge is 0.476 e. The van der Waals surface area contributed by atoms with E-state index in [1.54, 1.807) is 38.7 Å². The molecular formula is C47H72N6O8S. The van der Waals surface area contributed by atoms with E-state index in [1.807, 2.05) is 55.7 Å². The van der Waals surface area contributed by atoms with Crippen molar-refractivity contribution in [1.29, 1.82) is 0 Å². The van der Waals surface area contributed by atoms with Crippen molar-refractivity contribution in [2.45, 2.75) is 169 Å². The second-order valence-electron chi connectivity index (χ2n) is 19.1. The van der Waals surface area contributed by atoms with Crippen molar-refractivity contribution in [1.82, 2.24) is 14.5 Å². The van der Waals surface area contributed by atoms with Gasteiger partial charge in [0.25, 0.3) is 23.6 Å². The third kappa shape index (κ3) is 10.9. The second-order valence-corrected chi connectivity index (χ2v) is 20.9. The van der Waals surface area contributed by atoms with Crippen molar-refractivity contribution in [3.05, 3.63) is 46.5 Å². The Bertz CT molecular complexity index is 2090. The minimum Gasteiger partial charge on any atom is -0.476 e. The maximum atomic E-state index is 13.7. The first-order valence-electron chi connectivity index (χ1n) is 22.6. The molecule has 344 valence electrons. The number of sulfonamides is 1. The van der Waals surface area contributed by atoms with Gasteiger partial charge in [0.2, 0.25) is 10.0 Å². The van der Waals surface area contributed by atoms with E-state index in [4.69, 9.17) is 15.2 Å². The molecule has 15 heteroatoms. The van der Waals surface area contributed by atoms with E-state index in [9.17, 15) is 27.6 Å². The van der Waals surface area contributed by atoms with Gasteiger partial charge in [-0.25, -0.2) is 13.1 Å². The maximum absolute atomic E-state index is 13.7. The molecule has 0 atom stereocenters. The average Bonchev–Trinajstić information content (AvgIpc) is 3.18. The van der Waals surface area contributed by atoms with E-state index in [0.717, 1.165) is 55.9 Å². The molecule has 2 aromatic rings. The molecule has 0 bridgehead atoms. The highest BCUT2D eigenvalue weighted by atomic mass is 32.2. The van der Waals surface area contributed by atoms with Gasteiger partial charge < -0.3 is 34.8 Å². The van der Waals surface area contributed by atoms with Crippen molar-refractivity contribution in [3.63, 3.8) is 0 Å². The van der Waals surface area contributed by atoms with Crippen LogP contribution in [0.1, 0.15) is 151 Å². The monoisotopic (exact) mass is 881 g/mol. The van der Waals surface area contributed by atoms with Crippen LogP contribution in [0.5, 0.6) is 11.5 Å². The van der Waals surface area contributed by atoms with Gasteiger partial charge in [-0.3, -0.25) is 19.2 Å². The summed E-state index contributed by atoms with van der Waals surface area (Å²) in [5.74, 6) is 0.736. The maximum Gasteiger partial charge on any atom is 0.270 e. The first-order valence-corrected chi connectivity index (χ1v) is 24.5. The molecule has 0 aromatic heterocycles. The summed E-state index contributed by atoms with van der Waals surface area (Å²) in [6, 6.07) is 7.94. The van der Waals surface area contributed by atoms with Gasteiger partial charge in [0, 0.05) is 61.5 Å². The molecule has 0 spiro atoms. The number of anilines is 2. The Morgan fingerprint density at radius 2 is 1.08 bits per heavy atom. The number of amides is 4. The second kappa shape index (κ2) is 19.7. The standard InChI is InChI=1S/C24H37N3O5S.C23H35N3O3/c1-16(2)27(18-10-8-7-9-11-18)22(28)19-15-20-21(14-17(19)3)32-24(4,5)23(29)26(20)13-12-25-33(6,30)31;1-15(2)26(17-9-7-6-8-10-17)21(27)18-14-19-20(13-16(18)3)29-23(4,5)22(28)25(19)12-11-24/h14-16,18,25H,7-13H2,1-6H3;13-15,17H,6-12,24H2,1-5H3. The number of hydrogen-bond donors (Lipinski definition) is 2. The lowest BCUT2D eigenvalue weighted by Gasteiger charge is -2.40. The van der Waals surface area contributed by atoms with Crippen LogP contribution in [0.15, 0.2) is 24.3 Å². The Kier molecular flexibility index (Phi) is 15.5. The van der Waals surface area contributed by atoms with E-state index in [1.165, 1.54) is 30.6 Å². The molecule has 4 aliphatic rings. The van der Waals surface area contributed by atoms with Crippen LogP contribution in [-0.2, 0) is 19.6 Å². The third-order valence-corrected chi connectivity index (χ3v) is 13.2. The minimum atomic E-state index is -3.39. The number of hydrogen-bond acceptors (Lipinski definition) is 9. The van der Waals surface area contributed by atoms with Crippen molar-refractivity contribution >= 4 is 45.0 Å². The lowest BCUT2D eigenvalue weighted by atomic mass is 9.92. The van der Waals surface area contributed by atoms with E-state index < -0.39 is 21.2 Å². The molecule has 14 nitrogen and oxygen atoms in total. The molecule has 2 aliphatic carbocycles. The number of benzene rings is 2. The fraction of sp³-hybridized carbons (Fsp3) is 0.660. The number of aryl methyl sites for hydroxylation is 2. The van der Waals surface area contributed by atoms with Crippen LogP contribution in [0.2, 0.25) is 0 Å². The summed E-state index contributed by atoms with van der Waals surface area (Å²) in [7, 11) is -3.39. The number of nitrogens with two attached hydrogens (primary N) is 1. The average molecular weight is 881 g/mol. The minimum absolute atomic E-state index is 0.0382. The Labute approximate surface area is 370 Å². The summed E-state index contributed by atoms with van der Waals surface area (Å²) in [5, 5.41) is 0. The van der Waals surface area contributed by atoms with Gasteiger partial charge in [0.05, 0.1) is 17.6 Å². The normalized spacial score (nSPS) is 18.9. The zero-order chi connectivity index (χ0) is 45.9. The van der Waals surface area contributed by atoms with Crippen LogP contribution in [-0.4, -0.2) is 110 Å². The Balaban J connectivity index is 0.000000236. The van der Waals surface area contributed by atoms with Crippen LogP contribution < -0.4 is 29.7 Å². The molecule has 62 heavy (non-hydrogen) atoms. The van der Waals surface area contributed by atoms with Crippen molar-refractivity contribution in [2.75, 3.05) is 42.2 Å². The van der Waals surface area contributed by atoms with Gasteiger partial charge in [-0.2, -0.15) is 0 Å². The van der Waals surface area contributed by atoms with Gasteiger partial charge in [-0.05, 0) is 130 Å². The molecular weight excluding hydrogens is 809 g/mol. The molecule has 4 amide bonds. The first-order chi connectivity index (χ1) is 29.0. The summed E-state index contributed by atoms with van der Waals surface area (Å²) in [6.07, 6.45) is 12.3. The van der Waals surface area contributed by atoms with E-state index >= 15 is 0 Å². The summed E-state index contributed by atoms with van der Waals surface area (Å²) in [4.78, 5) is 60.6. The molecule has 2 heterocycles. The highest BCUT2D eigenvalue weighted by Crippen LogP contribution is 2.42. The Morgan fingerprint density at radius 1 is 0.710 bits per heavy atom. The predicted molar refractivity (Wildman–Crippen MR) is 245 cm³/mol. The molecule has 2 fully saturated rings. The SMILES string of the molecule is Cc1cc2c(cc1C(=O)N(C(C)C)C1CCCCC1)N(CCN)C(=O)C(C)(C)O2.Cc1cc2c(cc1C(=O)N(C(C)C)C1CCCCC1)N(CCNS(C)(=O)=O)C(=O)C(C)(C)O2. The fourth-order valence-electron chi connectivity index (χ4n) is 9.45. The van der Waals surface area contributed by atoms with Crippen molar-refractivity contribution in [2.24, 2.45) is 5.73 Å². The first kappa shape index (κ1) is 48.8. The molecule has 0 saturated heterocycles. The number of carbonyl (C=O) groups excluding carboxylic acids is 4. The molecule has 0 unspecified atom stereocenters. The number of fused-ring (bicyclic) bond motifs is 2. The zero-order valence-electron chi connectivity index (χ0n) is 39.1. The van der Waals surface area contributed by atoms with Crippen molar-refractivity contribution in [3.8, 4) is 11.5 Å². The van der Waals surface area contributed by atoms with Crippen LogP contribution in [0.25, 0.3) is 0 Å². The Hall–Kier alpha value is -4.21. The van der Waals surface area contributed by atoms with Gasteiger partial charge in [-0.15, -0.1) is 0 Å². The third-order valence-electron chi connectivity index (χ3n) is 12.5. The molecule has 3 N–H and O–H groups in total. The summed E-state index contributed by atoms with van der Waals surface area (Å²) in [5.41, 5.74) is 7.71. The Morgan fingerprint density at radius 3 is 1.42 bits per heavy atom. The van der Waals surface area contributed by atoms with E-state index in [2.05, 4.69) is 18.6 Å². The van der Waals surface area contributed by atoms with Crippen LogP contribution in [0, 0.1) is 13.8 Å². The number of nitrogens with zero attached hydrogens (tertiary/aromatic N) is 4. The van der Waals surface area contributed by atoms with Crippen molar-refractivity contribution < 1.29 is 37.1 Å². The molecule has 2 aromatic carbocycles. The summed E-state index contributed by atoms with van der Waals surface area (Å²) in [6.45, 7) is 19.9. The summed E-state index contributed by atoms with van der Waals surface area (Å²) < 4.78 is 37.5. The van der Waals surface area contributed by atoms with Gasteiger partial charge in [0.1, 0.15) is 11.5 Å². The summed E-state index contributed by atoms with van der Waals surface area (Å²) >= 11 is 0. The van der Waals surface area contributed by atoms with Gasteiger partial charge in [-0.1, -0.05) is 38.5 Å².